The van der Waals surface area contributed by atoms with Crippen molar-refractivity contribution in [3.05, 3.63) is 89.0 Å². The number of methoxy groups -OCH3 is 1. The van der Waals surface area contributed by atoms with E-state index in [9.17, 15) is 24.6 Å². The monoisotopic (exact) mass is 769 g/mol. The van der Waals surface area contributed by atoms with Gasteiger partial charge >= 0.3 is 6.09 Å². The number of benzene rings is 4. The number of anilines is 2. The second-order valence-corrected chi connectivity index (χ2v) is 14.9. The topological polar surface area (TPSA) is 138 Å². The highest BCUT2D eigenvalue weighted by atomic mass is 35.5. The molecule has 4 heterocycles. The van der Waals surface area contributed by atoms with Crippen LogP contribution in [0.3, 0.4) is 0 Å². The Bertz CT molecular complexity index is 2120. The van der Waals surface area contributed by atoms with Crippen LogP contribution < -0.4 is 19.3 Å². The maximum absolute atomic E-state index is 14.1. The normalized spacial score (nSPS) is 22.1. The van der Waals surface area contributed by atoms with E-state index in [1.807, 2.05) is 48.5 Å². The van der Waals surface area contributed by atoms with Gasteiger partial charge in [0.2, 0.25) is 5.91 Å². The summed E-state index contributed by atoms with van der Waals surface area (Å²) in [6.07, 6.45) is 1.99. The Kier molecular flexibility index (Phi) is 10.5. The van der Waals surface area contributed by atoms with Crippen LogP contribution in [0.15, 0.2) is 66.7 Å². The number of alkyl halides is 1. The van der Waals surface area contributed by atoms with Gasteiger partial charge in [-0.15, -0.1) is 11.6 Å². The van der Waals surface area contributed by atoms with Crippen LogP contribution in [0.4, 0.5) is 16.2 Å². The molecule has 4 aromatic rings. The van der Waals surface area contributed by atoms with Gasteiger partial charge in [0.25, 0.3) is 5.91 Å². The minimum Gasteiger partial charge on any atom is -0.507 e. The lowest BCUT2D eigenvalue weighted by molar-refractivity contribution is -0.198. The molecule has 12 nitrogen and oxygen atoms in total. The smallest absolute Gasteiger partial charge is 0.414 e. The van der Waals surface area contributed by atoms with E-state index in [-0.39, 0.29) is 59.3 Å². The molecule has 3 amide bonds. The summed E-state index contributed by atoms with van der Waals surface area (Å²) in [7, 11) is 1.47. The molecule has 4 atom stereocenters. The number of carbonyl (C=O) groups is 3. The molecule has 0 spiro atoms. The van der Waals surface area contributed by atoms with Crippen molar-refractivity contribution in [2.45, 2.75) is 76.0 Å². The predicted octanol–water partition coefficient (Wildman–Crippen LogP) is 7.41. The predicted molar refractivity (Wildman–Crippen MR) is 207 cm³/mol. The number of nitrogens with zero attached hydrogens (tertiary/aromatic N) is 3. The maximum Gasteiger partial charge on any atom is 0.414 e. The average molecular weight is 770 g/mol. The number of phenols is 1. The summed E-state index contributed by atoms with van der Waals surface area (Å²) in [5, 5.41) is 23.1. The Morgan fingerprint density at radius 2 is 1.73 bits per heavy atom. The standard InChI is InChI=1S/C42H44ClN3O9/c1-52-35-19-30-32(46(42(50)51)41(55-38-14-5-7-16-53-38)31-13-4-6-15-44(31)40(30)49)21-36(35)54-24-26-10-8-9-25(17-26)18-37(48)45-23-27(22-43)39-29-12-3-2-11-28(29)34(47)20-33(39)45/h2-3,8-12,17,19-21,27,31,38,41,47H,4-7,13-16,18,22-24H2,1H3,(H,50,51)/t27-,31+,38?,41?/m1/s1. The highest BCUT2D eigenvalue weighted by Crippen LogP contribution is 2.46. The fourth-order valence-electron chi connectivity index (χ4n) is 8.55. The van der Waals surface area contributed by atoms with Crippen molar-refractivity contribution in [3.63, 3.8) is 0 Å². The van der Waals surface area contributed by atoms with Crippen LogP contribution >= 0.6 is 11.6 Å². The first-order chi connectivity index (χ1) is 26.7. The van der Waals surface area contributed by atoms with Gasteiger partial charge in [-0.05, 0) is 66.7 Å². The van der Waals surface area contributed by atoms with E-state index in [1.165, 1.54) is 7.11 Å². The van der Waals surface area contributed by atoms with Gasteiger partial charge in [-0.1, -0.05) is 48.5 Å². The molecular formula is C42H44ClN3O9. The summed E-state index contributed by atoms with van der Waals surface area (Å²) in [6.45, 7) is 1.50. The van der Waals surface area contributed by atoms with Crippen molar-refractivity contribution >= 4 is 51.7 Å². The van der Waals surface area contributed by atoms with Crippen LogP contribution in [0, 0.1) is 0 Å². The molecular weight excluding hydrogens is 726 g/mol. The molecule has 13 heteroatoms. The second-order valence-electron chi connectivity index (χ2n) is 14.6. The summed E-state index contributed by atoms with van der Waals surface area (Å²) in [5.41, 5.74) is 3.52. The zero-order chi connectivity index (χ0) is 38.2. The fourth-order valence-corrected chi connectivity index (χ4v) is 8.80. The minimum absolute atomic E-state index is 0.0715. The third-order valence-corrected chi connectivity index (χ3v) is 11.5. The van der Waals surface area contributed by atoms with Gasteiger partial charge in [0, 0.05) is 49.0 Å². The Morgan fingerprint density at radius 1 is 0.927 bits per heavy atom. The van der Waals surface area contributed by atoms with E-state index in [0.717, 1.165) is 58.0 Å². The fraction of sp³-hybridized carbons (Fsp3) is 0.405. The highest BCUT2D eigenvalue weighted by Gasteiger charge is 2.46. The second kappa shape index (κ2) is 15.6. The third kappa shape index (κ3) is 7.03. The molecule has 4 aliphatic heterocycles. The summed E-state index contributed by atoms with van der Waals surface area (Å²) in [6, 6.07) is 19.3. The summed E-state index contributed by atoms with van der Waals surface area (Å²) in [5.74, 6) is 0.501. The zero-order valence-corrected chi connectivity index (χ0v) is 31.4. The molecule has 0 saturated carbocycles. The van der Waals surface area contributed by atoms with Crippen molar-refractivity contribution in [3.8, 4) is 17.2 Å². The quantitative estimate of drug-likeness (QED) is 0.167. The van der Waals surface area contributed by atoms with Crippen molar-refractivity contribution in [2.24, 2.45) is 0 Å². The van der Waals surface area contributed by atoms with Crippen LogP contribution in [0.2, 0.25) is 0 Å². The lowest BCUT2D eigenvalue weighted by atomic mass is 9.95. The first-order valence-corrected chi connectivity index (χ1v) is 19.4. The molecule has 2 unspecified atom stereocenters. The van der Waals surface area contributed by atoms with Crippen molar-refractivity contribution in [2.75, 3.05) is 42.5 Å². The Labute approximate surface area is 324 Å². The minimum atomic E-state index is -1.25. The number of carboxylic acid groups (broad SMARTS) is 1. The lowest BCUT2D eigenvalue weighted by Crippen LogP contribution is -2.57. The lowest BCUT2D eigenvalue weighted by Gasteiger charge is -2.42. The van der Waals surface area contributed by atoms with Gasteiger partial charge in [0.05, 0.1) is 36.5 Å². The summed E-state index contributed by atoms with van der Waals surface area (Å²) < 4.78 is 24.3. The van der Waals surface area contributed by atoms with E-state index in [4.69, 9.17) is 30.5 Å². The van der Waals surface area contributed by atoms with E-state index in [0.29, 0.717) is 44.1 Å². The SMILES string of the molecule is COc1cc2c(cc1OCc1cccc(CC(=O)N3C[C@@H](CCl)c4c3cc(O)c3ccccc43)c1)N(C(=O)O)C(OC1CCCCO1)[C@@H]1CCCCN1C2=O. The van der Waals surface area contributed by atoms with Gasteiger partial charge in [0.15, 0.2) is 24.0 Å². The Hall–Kier alpha value is -5.04. The Balaban J connectivity index is 1.05. The number of rotatable bonds is 9. The van der Waals surface area contributed by atoms with Crippen LogP contribution in [0.5, 0.6) is 17.2 Å². The molecule has 8 rings (SSSR count). The highest BCUT2D eigenvalue weighted by molar-refractivity contribution is 6.19. The number of fused-ring (bicyclic) bond motifs is 5. The largest absolute Gasteiger partial charge is 0.507 e. The first-order valence-electron chi connectivity index (χ1n) is 18.9. The Morgan fingerprint density at radius 3 is 2.49 bits per heavy atom. The molecule has 55 heavy (non-hydrogen) atoms. The van der Waals surface area contributed by atoms with Gasteiger partial charge in [-0.2, -0.15) is 0 Å². The third-order valence-electron chi connectivity index (χ3n) is 11.2. The van der Waals surface area contributed by atoms with Crippen molar-refractivity contribution in [1.29, 1.82) is 0 Å². The van der Waals surface area contributed by atoms with Gasteiger partial charge < -0.3 is 39.0 Å². The van der Waals surface area contributed by atoms with Gasteiger partial charge in [-0.3, -0.25) is 9.59 Å². The number of hydrogen-bond donors (Lipinski definition) is 2. The van der Waals surface area contributed by atoms with E-state index < -0.39 is 24.7 Å². The molecule has 0 radical (unpaired) electrons. The van der Waals surface area contributed by atoms with Gasteiger partial charge in [-0.25, -0.2) is 9.69 Å². The van der Waals surface area contributed by atoms with Crippen LogP contribution in [0.25, 0.3) is 10.8 Å². The number of hydrogen-bond acceptors (Lipinski definition) is 8. The number of ether oxygens (including phenoxy) is 4. The number of carbonyl (C=O) groups excluding carboxylic acids is 2. The molecule has 4 aromatic carbocycles. The van der Waals surface area contributed by atoms with E-state index in [1.54, 1.807) is 28.0 Å². The maximum atomic E-state index is 14.1. The molecule has 2 fully saturated rings. The number of piperidine rings is 1. The van der Waals surface area contributed by atoms with Crippen molar-refractivity contribution in [1.82, 2.24) is 4.90 Å². The van der Waals surface area contributed by atoms with Gasteiger partial charge in [0.1, 0.15) is 12.4 Å². The van der Waals surface area contributed by atoms with Crippen LogP contribution in [-0.4, -0.2) is 84.3 Å². The van der Waals surface area contributed by atoms with E-state index in [2.05, 4.69) is 0 Å². The average Bonchev–Trinajstić information content (AvgIpc) is 3.54. The number of amides is 3. The van der Waals surface area contributed by atoms with E-state index >= 15 is 0 Å². The van der Waals surface area contributed by atoms with Crippen LogP contribution in [-0.2, 0) is 27.3 Å². The molecule has 0 bridgehead atoms. The molecule has 0 aliphatic carbocycles. The molecule has 2 saturated heterocycles. The molecule has 4 aliphatic rings. The summed E-state index contributed by atoms with van der Waals surface area (Å²) in [4.78, 5) is 45.6. The number of phenolic OH excluding ortho intramolecular Hbond substituents is 1. The molecule has 2 N–H and O–H groups in total. The first kappa shape index (κ1) is 36.9. The zero-order valence-electron chi connectivity index (χ0n) is 30.6. The van der Waals surface area contributed by atoms with Crippen molar-refractivity contribution < 1.29 is 43.5 Å². The number of aromatic hydroxyl groups is 1. The molecule has 288 valence electrons. The number of halogens is 1. The van der Waals surface area contributed by atoms with Crippen LogP contribution in [0.1, 0.15) is 71.5 Å². The summed E-state index contributed by atoms with van der Waals surface area (Å²) >= 11 is 6.40. The molecule has 0 aromatic heterocycles.